The zero-order valence-corrected chi connectivity index (χ0v) is 8.58. The number of primary amides is 1. The van der Waals surface area contributed by atoms with Crippen molar-refractivity contribution < 1.29 is 4.79 Å². The molecule has 0 heterocycles. The van der Waals surface area contributed by atoms with Crippen LogP contribution in [0.25, 0.3) is 0 Å². The van der Waals surface area contributed by atoms with E-state index in [0.29, 0.717) is 12.5 Å². The highest BCUT2D eigenvalue weighted by Crippen LogP contribution is 2.14. The van der Waals surface area contributed by atoms with E-state index >= 15 is 0 Å². The highest BCUT2D eigenvalue weighted by molar-refractivity contribution is 5.71. The third-order valence-corrected chi connectivity index (χ3v) is 2.23. The van der Waals surface area contributed by atoms with Gasteiger partial charge in [-0.05, 0) is 18.4 Å². The molecular formula is C11H16N2O. The monoisotopic (exact) mass is 192 g/mol. The van der Waals surface area contributed by atoms with Crippen molar-refractivity contribution in [3.8, 4) is 0 Å². The number of aryl methyl sites for hydroxylation is 1. The average Bonchev–Trinajstić information content (AvgIpc) is 2.15. The molecule has 0 aliphatic carbocycles. The van der Waals surface area contributed by atoms with Gasteiger partial charge in [-0.2, -0.15) is 0 Å². The maximum Gasteiger partial charge on any atom is 0.312 e. The van der Waals surface area contributed by atoms with Crippen LogP contribution in [0.15, 0.2) is 24.3 Å². The van der Waals surface area contributed by atoms with Crippen LogP contribution in [0.5, 0.6) is 0 Å². The lowest BCUT2D eigenvalue weighted by Crippen LogP contribution is -2.32. The smallest absolute Gasteiger partial charge is 0.312 e. The highest BCUT2D eigenvalue weighted by Gasteiger charge is 2.05. The van der Waals surface area contributed by atoms with Crippen molar-refractivity contribution in [1.82, 2.24) is 5.32 Å². The molecule has 3 nitrogen and oxygen atoms in total. The van der Waals surface area contributed by atoms with Crippen LogP contribution >= 0.6 is 0 Å². The van der Waals surface area contributed by atoms with Gasteiger partial charge in [-0.3, -0.25) is 0 Å². The molecule has 0 aromatic heterocycles. The fourth-order valence-corrected chi connectivity index (χ4v) is 1.27. The Hall–Kier alpha value is -1.51. The number of carbonyl (C=O) groups excluding carboxylic acids is 1. The van der Waals surface area contributed by atoms with Gasteiger partial charge in [0.05, 0.1) is 0 Å². The van der Waals surface area contributed by atoms with Crippen LogP contribution in [-0.4, -0.2) is 12.6 Å². The summed E-state index contributed by atoms with van der Waals surface area (Å²) in [5.41, 5.74) is 7.44. The Bertz CT molecular complexity index is 306. The maximum absolute atomic E-state index is 10.5. The van der Waals surface area contributed by atoms with E-state index in [1.54, 1.807) is 0 Å². The van der Waals surface area contributed by atoms with Gasteiger partial charge in [0.15, 0.2) is 0 Å². The number of nitrogens with one attached hydrogen (secondary N) is 1. The van der Waals surface area contributed by atoms with E-state index < -0.39 is 6.03 Å². The largest absolute Gasteiger partial charge is 0.352 e. The van der Waals surface area contributed by atoms with Crippen LogP contribution in [-0.2, 0) is 0 Å². The van der Waals surface area contributed by atoms with Crippen LogP contribution in [0.4, 0.5) is 4.79 Å². The molecule has 1 atom stereocenters. The fraction of sp³-hybridized carbons (Fsp3) is 0.364. The second kappa shape index (κ2) is 4.65. The Kier molecular flexibility index (Phi) is 3.51. The molecule has 3 N–H and O–H groups in total. The van der Waals surface area contributed by atoms with E-state index in [0.717, 1.165) is 0 Å². The van der Waals surface area contributed by atoms with Gasteiger partial charge in [0.25, 0.3) is 0 Å². The van der Waals surface area contributed by atoms with E-state index in [2.05, 4.69) is 43.4 Å². The van der Waals surface area contributed by atoms with E-state index in [1.807, 2.05) is 0 Å². The van der Waals surface area contributed by atoms with Gasteiger partial charge < -0.3 is 11.1 Å². The normalized spacial score (nSPS) is 12.1. The number of nitrogens with two attached hydrogens (primary N) is 1. The second-order valence-electron chi connectivity index (χ2n) is 3.56. The van der Waals surface area contributed by atoms with Crippen molar-refractivity contribution in [2.24, 2.45) is 5.73 Å². The van der Waals surface area contributed by atoms with Crippen molar-refractivity contribution in [2.45, 2.75) is 19.8 Å². The molecule has 0 saturated heterocycles. The molecule has 0 aliphatic heterocycles. The molecule has 0 aliphatic rings. The first kappa shape index (κ1) is 10.6. The fourth-order valence-electron chi connectivity index (χ4n) is 1.27. The quantitative estimate of drug-likeness (QED) is 0.753. The lowest BCUT2D eigenvalue weighted by Gasteiger charge is -2.11. The van der Waals surface area contributed by atoms with Gasteiger partial charge in [0, 0.05) is 6.54 Å². The Morgan fingerprint density at radius 3 is 2.50 bits per heavy atom. The van der Waals surface area contributed by atoms with E-state index in [-0.39, 0.29) is 0 Å². The molecule has 3 heteroatoms. The van der Waals surface area contributed by atoms with Gasteiger partial charge in [0.2, 0.25) is 0 Å². The Balaban J connectivity index is 2.56. The highest BCUT2D eigenvalue weighted by atomic mass is 16.2. The van der Waals surface area contributed by atoms with E-state index in [1.165, 1.54) is 11.1 Å². The molecule has 0 spiro atoms. The first-order valence-electron chi connectivity index (χ1n) is 4.69. The van der Waals surface area contributed by atoms with Gasteiger partial charge in [0.1, 0.15) is 0 Å². The Morgan fingerprint density at radius 2 is 2.00 bits per heavy atom. The summed E-state index contributed by atoms with van der Waals surface area (Å²) in [6, 6.07) is 7.81. The molecule has 1 aromatic rings. The second-order valence-corrected chi connectivity index (χ2v) is 3.56. The molecule has 0 saturated carbocycles. The zero-order valence-electron chi connectivity index (χ0n) is 8.58. The Morgan fingerprint density at radius 1 is 1.43 bits per heavy atom. The molecule has 14 heavy (non-hydrogen) atoms. The number of rotatable bonds is 3. The van der Waals surface area contributed by atoms with Gasteiger partial charge >= 0.3 is 6.03 Å². The average molecular weight is 192 g/mol. The summed E-state index contributed by atoms with van der Waals surface area (Å²) in [5.74, 6) is 0.295. The summed E-state index contributed by atoms with van der Waals surface area (Å²) in [7, 11) is 0. The number of amides is 2. The molecule has 76 valence electrons. The van der Waals surface area contributed by atoms with Gasteiger partial charge in [-0.25, -0.2) is 4.79 Å². The minimum Gasteiger partial charge on any atom is -0.352 e. The van der Waals surface area contributed by atoms with E-state index in [9.17, 15) is 4.79 Å². The third-order valence-electron chi connectivity index (χ3n) is 2.23. The van der Waals surface area contributed by atoms with E-state index in [4.69, 9.17) is 5.73 Å². The van der Waals surface area contributed by atoms with Crippen molar-refractivity contribution in [3.05, 3.63) is 35.4 Å². The number of benzene rings is 1. The molecule has 0 fully saturated rings. The summed E-state index contributed by atoms with van der Waals surface area (Å²) in [4.78, 5) is 10.5. The van der Waals surface area contributed by atoms with Crippen molar-refractivity contribution >= 4 is 6.03 Å². The molecule has 1 aromatic carbocycles. The summed E-state index contributed by atoms with van der Waals surface area (Å²) < 4.78 is 0. The van der Waals surface area contributed by atoms with Crippen LogP contribution < -0.4 is 11.1 Å². The first-order chi connectivity index (χ1) is 6.59. The number of carbonyl (C=O) groups is 1. The first-order valence-corrected chi connectivity index (χ1v) is 4.69. The summed E-state index contributed by atoms with van der Waals surface area (Å²) in [6.45, 7) is 4.69. The molecule has 1 unspecified atom stereocenters. The van der Waals surface area contributed by atoms with Crippen molar-refractivity contribution in [3.63, 3.8) is 0 Å². The minimum absolute atomic E-state index is 0.295. The summed E-state index contributed by atoms with van der Waals surface area (Å²) in [5, 5.41) is 2.60. The van der Waals surface area contributed by atoms with Crippen molar-refractivity contribution in [1.29, 1.82) is 0 Å². The SMILES string of the molecule is Cc1ccc(C(C)CNC(N)=O)cc1. The lowest BCUT2D eigenvalue weighted by atomic mass is 10.0. The van der Waals surface area contributed by atoms with Crippen LogP contribution in [0.3, 0.4) is 0 Å². The van der Waals surface area contributed by atoms with Crippen molar-refractivity contribution in [2.75, 3.05) is 6.54 Å². The number of hydrogen-bond donors (Lipinski definition) is 2. The third kappa shape index (κ3) is 3.09. The lowest BCUT2D eigenvalue weighted by molar-refractivity contribution is 0.248. The molecule has 2 amide bonds. The molecule has 0 bridgehead atoms. The summed E-state index contributed by atoms with van der Waals surface area (Å²) in [6.07, 6.45) is 0. The van der Waals surface area contributed by atoms with Gasteiger partial charge in [-0.1, -0.05) is 36.8 Å². The predicted octanol–water partition coefficient (Wildman–Crippen LogP) is 1.77. The van der Waals surface area contributed by atoms with Crippen LogP contribution in [0, 0.1) is 6.92 Å². The van der Waals surface area contributed by atoms with Crippen LogP contribution in [0.2, 0.25) is 0 Å². The standard InChI is InChI=1S/C11H16N2O/c1-8-3-5-10(6-4-8)9(2)7-13-11(12)14/h3-6,9H,7H2,1-2H3,(H3,12,13,14). The maximum atomic E-state index is 10.5. The number of urea groups is 1. The molecule has 1 rings (SSSR count). The summed E-state index contributed by atoms with van der Waals surface area (Å²) >= 11 is 0. The molecular weight excluding hydrogens is 176 g/mol. The predicted molar refractivity (Wildman–Crippen MR) is 57.2 cm³/mol. The minimum atomic E-state index is -0.469. The zero-order chi connectivity index (χ0) is 10.6. The topological polar surface area (TPSA) is 55.1 Å². The number of hydrogen-bond acceptors (Lipinski definition) is 1. The van der Waals surface area contributed by atoms with Crippen LogP contribution in [0.1, 0.15) is 24.0 Å². The molecule has 0 radical (unpaired) electrons. The van der Waals surface area contributed by atoms with Gasteiger partial charge in [-0.15, -0.1) is 0 Å². The Labute approximate surface area is 84.3 Å².